The topological polar surface area (TPSA) is 40.6 Å². The van der Waals surface area contributed by atoms with E-state index < -0.39 is 5.41 Å². The maximum Gasteiger partial charge on any atom is 0.233 e. The first-order valence-corrected chi connectivity index (χ1v) is 12.3. The lowest BCUT2D eigenvalue weighted by Gasteiger charge is -2.48. The summed E-state index contributed by atoms with van der Waals surface area (Å²) in [7, 11) is 1.80. The number of benzene rings is 1. The molecule has 1 spiro atoms. The maximum atomic E-state index is 13.5. The third-order valence-corrected chi connectivity index (χ3v) is 7.56. The Labute approximate surface area is 206 Å². The van der Waals surface area contributed by atoms with Gasteiger partial charge in [0, 0.05) is 37.5 Å². The normalized spacial score (nSPS) is 20.1. The molecule has 1 aromatic carbocycles. The molecule has 0 N–H and O–H groups in total. The number of hydrogen-bond acceptors (Lipinski definition) is 3. The monoisotopic (exact) mass is 460 g/mol. The molecular formula is C30H40N2O2. The molecule has 0 bridgehead atoms. The third kappa shape index (κ3) is 4.99. The van der Waals surface area contributed by atoms with Crippen molar-refractivity contribution < 1.29 is 9.59 Å². The number of amides is 1. The van der Waals surface area contributed by atoms with E-state index in [1.807, 2.05) is 27.7 Å². The van der Waals surface area contributed by atoms with Crippen molar-refractivity contribution in [3.8, 4) is 11.8 Å². The van der Waals surface area contributed by atoms with E-state index in [9.17, 15) is 9.59 Å². The van der Waals surface area contributed by atoms with Crippen LogP contribution in [0.3, 0.4) is 0 Å². The number of Topliss-reactive ketones (excluding diaryl/α,β-unsaturated/α-hetero) is 1. The quantitative estimate of drug-likeness (QED) is 0.427. The van der Waals surface area contributed by atoms with Gasteiger partial charge < -0.3 is 9.80 Å². The van der Waals surface area contributed by atoms with Gasteiger partial charge in [-0.3, -0.25) is 9.59 Å². The molecule has 1 heterocycles. The number of ketones is 1. The van der Waals surface area contributed by atoms with Crippen molar-refractivity contribution in [1.82, 2.24) is 9.80 Å². The first kappa shape index (κ1) is 25.8. The molecule has 0 radical (unpaired) electrons. The SMILES string of the molecule is C=C1CC2(CCN(C(=C)N(C)C(=O)C(C)(C)C)CC2)CC(=O)C1c1c(C)cc(C#CC)cc1C. The highest BCUT2D eigenvalue weighted by Gasteiger charge is 2.45. The number of carbonyl (C=O) groups excluding carboxylic acids is 2. The summed E-state index contributed by atoms with van der Waals surface area (Å²) < 4.78 is 0. The minimum atomic E-state index is -0.450. The van der Waals surface area contributed by atoms with Gasteiger partial charge in [-0.25, -0.2) is 0 Å². The number of likely N-dealkylation sites (tertiary alicyclic amines) is 1. The third-order valence-electron chi connectivity index (χ3n) is 7.56. The van der Waals surface area contributed by atoms with Crippen LogP contribution in [0.15, 0.2) is 36.7 Å². The number of allylic oxidation sites excluding steroid dienone is 1. The van der Waals surface area contributed by atoms with Crippen LogP contribution in [0.2, 0.25) is 0 Å². The van der Waals surface area contributed by atoms with Gasteiger partial charge in [-0.2, -0.15) is 0 Å². The van der Waals surface area contributed by atoms with E-state index in [4.69, 9.17) is 0 Å². The number of carbonyl (C=O) groups is 2. The molecule has 4 nitrogen and oxygen atoms in total. The zero-order chi connectivity index (χ0) is 25.4. The van der Waals surface area contributed by atoms with Gasteiger partial charge in [-0.05, 0) is 74.3 Å². The van der Waals surface area contributed by atoms with Crippen LogP contribution in [0.5, 0.6) is 0 Å². The Bertz CT molecular complexity index is 1040. The molecule has 2 fully saturated rings. The van der Waals surface area contributed by atoms with E-state index in [2.05, 4.69) is 55.9 Å². The number of aryl methyl sites for hydroxylation is 2. The second-order valence-corrected chi connectivity index (χ2v) is 11.3. The summed E-state index contributed by atoms with van der Waals surface area (Å²) >= 11 is 0. The summed E-state index contributed by atoms with van der Waals surface area (Å²) in [5.74, 6) is 6.95. The lowest BCUT2D eigenvalue weighted by atomic mass is 9.61. The van der Waals surface area contributed by atoms with Crippen LogP contribution in [-0.2, 0) is 9.59 Å². The molecule has 0 aromatic heterocycles. The van der Waals surface area contributed by atoms with Crippen molar-refractivity contribution in [2.24, 2.45) is 10.8 Å². The van der Waals surface area contributed by atoms with Gasteiger partial charge >= 0.3 is 0 Å². The van der Waals surface area contributed by atoms with Crippen LogP contribution in [0.1, 0.15) is 81.5 Å². The van der Waals surface area contributed by atoms with Crippen LogP contribution < -0.4 is 0 Å². The first-order valence-electron chi connectivity index (χ1n) is 12.3. The van der Waals surface area contributed by atoms with Gasteiger partial charge in [0.05, 0.1) is 5.92 Å². The molecule has 1 aromatic rings. The summed E-state index contributed by atoms with van der Waals surface area (Å²) in [5, 5.41) is 0. The van der Waals surface area contributed by atoms with Crippen molar-refractivity contribution in [1.29, 1.82) is 0 Å². The van der Waals surface area contributed by atoms with Crippen LogP contribution >= 0.6 is 0 Å². The molecule has 1 unspecified atom stereocenters. The molecule has 1 amide bonds. The average molecular weight is 461 g/mol. The lowest BCUT2D eigenvalue weighted by molar-refractivity contribution is -0.137. The molecule has 2 aliphatic rings. The summed E-state index contributed by atoms with van der Waals surface area (Å²) in [6, 6.07) is 4.17. The fourth-order valence-electron chi connectivity index (χ4n) is 5.78. The Morgan fingerprint density at radius 3 is 2.18 bits per heavy atom. The van der Waals surface area contributed by atoms with Gasteiger partial charge in [-0.15, -0.1) is 5.92 Å². The average Bonchev–Trinajstić information content (AvgIpc) is 2.73. The molecule has 1 saturated carbocycles. The number of piperidine rings is 1. The minimum absolute atomic E-state index is 0.0382. The highest BCUT2D eigenvalue weighted by molar-refractivity contribution is 5.91. The Balaban J connectivity index is 1.73. The Hall–Kier alpha value is -2.80. The van der Waals surface area contributed by atoms with Gasteiger partial charge in [0.15, 0.2) is 0 Å². The summed E-state index contributed by atoms with van der Waals surface area (Å²) in [6.07, 6.45) is 3.27. The van der Waals surface area contributed by atoms with Gasteiger partial charge in [0.25, 0.3) is 0 Å². The molecule has 1 atom stereocenters. The molecule has 34 heavy (non-hydrogen) atoms. The van der Waals surface area contributed by atoms with E-state index in [0.717, 1.165) is 66.0 Å². The Morgan fingerprint density at radius 2 is 1.71 bits per heavy atom. The predicted octanol–water partition coefficient (Wildman–Crippen LogP) is 5.74. The molecule has 4 heteroatoms. The van der Waals surface area contributed by atoms with Crippen LogP contribution in [0.4, 0.5) is 0 Å². The van der Waals surface area contributed by atoms with Gasteiger partial charge in [0.2, 0.25) is 5.91 Å². The second-order valence-electron chi connectivity index (χ2n) is 11.3. The van der Waals surface area contributed by atoms with E-state index in [-0.39, 0.29) is 23.0 Å². The molecule has 182 valence electrons. The Morgan fingerprint density at radius 1 is 1.15 bits per heavy atom. The van der Waals surface area contributed by atoms with Crippen molar-refractivity contribution in [2.45, 2.75) is 73.1 Å². The fourth-order valence-corrected chi connectivity index (χ4v) is 5.78. The number of hydrogen-bond donors (Lipinski definition) is 0. The van der Waals surface area contributed by atoms with E-state index >= 15 is 0 Å². The number of nitrogens with zero attached hydrogens (tertiary/aromatic N) is 2. The lowest BCUT2D eigenvalue weighted by Crippen LogP contribution is -2.48. The number of rotatable bonds is 3. The largest absolute Gasteiger partial charge is 0.358 e. The zero-order valence-electron chi connectivity index (χ0n) is 22.1. The predicted molar refractivity (Wildman–Crippen MR) is 139 cm³/mol. The molecule has 1 aliphatic heterocycles. The summed E-state index contributed by atoms with van der Waals surface area (Å²) in [6.45, 7) is 22.0. The van der Waals surface area contributed by atoms with Crippen LogP contribution in [0.25, 0.3) is 0 Å². The molecule has 1 saturated heterocycles. The van der Waals surface area contributed by atoms with Gasteiger partial charge in [-0.1, -0.05) is 45.4 Å². The van der Waals surface area contributed by atoms with Gasteiger partial charge in [0.1, 0.15) is 11.6 Å². The standard InChI is InChI=1S/C30H40N2O2/c1-10-11-24-16-20(2)26(21(3)17-24)27-22(4)18-30(19-25(27)33)12-14-32(15-13-30)23(5)31(9)28(34)29(6,7)8/h16-17,27H,4-5,12-15,18-19H2,1-3,6-9H3. The van der Waals surface area contributed by atoms with Crippen molar-refractivity contribution in [2.75, 3.05) is 20.1 Å². The minimum Gasteiger partial charge on any atom is -0.358 e. The molecular weight excluding hydrogens is 420 g/mol. The summed E-state index contributed by atoms with van der Waals surface area (Å²) in [4.78, 5) is 30.1. The molecule has 3 rings (SSSR count). The van der Waals surface area contributed by atoms with Crippen molar-refractivity contribution >= 4 is 11.7 Å². The smallest absolute Gasteiger partial charge is 0.233 e. The highest BCUT2D eigenvalue weighted by Crippen LogP contribution is 2.50. The van der Waals surface area contributed by atoms with Crippen LogP contribution in [-0.4, -0.2) is 41.6 Å². The zero-order valence-corrected chi connectivity index (χ0v) is 22.1. The van der Waals surface area contributed by atoms with E-state index in [0.29, 0.717) is 6.42 Å². The maximum absolute atomic E-state index is 13.5. The van der Waals surface area contributed by atoms with Crippen molar-refractivity contribution in [3.05, 3.63) is 58.9 Å². The second kappa shape index (κ2) is 9.45. The van der Waals surface area contributed by atoms with E-state index in [1.165, 1.54) is 0 Å². The fraction of sp³-hybridized carbons (Fsp3) is 0.533. The summed E-state index contributed by atoms with van der Waals surface area (Å²) in [5.41, 5.74) is 4.88. The first-order chi connectivity index (χ1) is 15.8. The highest BCUT2D eigenvalue weighted by atomic mass is 16.2. The van der Waals surface area contributed by atoms with Crippen LogP contribution in [0, 0.1) is 36.5 Å². The Kier molecular flexibility index (Phi) is 7.18. The van der Waals surface area contributed by atoms with Crippen molar-refractivity contribution in [3.63, 3.8) is 0 Å². The molecule has 1 aliphatic carbocycles. The van der Waals surface area contributed by atoms with E-state index in [1.54, 1.807) is 11.9 Å².